The predicted molar refractivity (Wildman–Crippen MR) is 158 cm³/mol. The van der Waals surface area contributed by atoms with Gasteiger partial charge in [0.05, 0.1) is 41.7 Å². The van der Waals surface area contributed by atoms with Gasteiger partial charge >= 0.3 is 11.9 Å². The first-order valence-corrected chi connectivity index (χ1v) is 15.7. The number of carboxylic acid groups (broad SMARTS) is 1. The molecule has 1 amide bonds. The summed E-state index contributed by atoms with van der Waals surface area (Å²) in [7, 11) is 0. The van der Waals surface area contributed by atoms with Crippen LogP contribution in [0.1, 0.15) is 85.0 Å². The fourth-order valence-electron chi connectivity index (χ4n) is 6.78. The number of hydrogen-bond acceptors (Lipinski definition) is 8. The molecule has 0 spiro atoms. The lowest BCUT2D eigenvalue weighted by Gasteiger charge is -2.29. The number of carboxylic acids is 1. The summed E-state index contributed by atoms with van der Waals surface area (Å²) in [5, 5.41) is 10.1. The highest BCUT2D eigenvalue weighted by atomic mass is 19.3. The summed E-state index contributed by atoms with van der Waals surface area (Å²) in [5.74, 6) is -7.33. The van der Waals surface area contributed by atoms with E-state index in [0.29, 0.717) is 23.9 Å². The molecule has 1 aromatic carbocycles. The topological polar surface area (TPSA) is 136 Å². The Morgan fingerprint density at radius 2 is 1.82 bits per heavy atom. The molecule has 0 bridgehead atoms. The van der Waals surface area contributed by atoms with Crippen molar-refractivity contribution in [3.8, 4) is 5.88 Å². The molecule has 2 aliphatic heterocycles. The third-order valence-corrected chi connectivity index (χ3v) is 9.10. The molecule has 12 heteroatoms. The van der Waals surface area contributed by atoms with Crippen LogP contribution in [0.15, 0.2) is 30.5 Å². The Hall–Kier alpha value is -3.70. The molecule has 3 aliphatic rings. The average Bonchev–Trinajstić information content (AvgIpc) is 3.45. The molecule has 1 aromatic heterocycles. The van der Waals surface area contributed by atoms with E-state index >= 15 is 0 Å². The molecular formula is C33H41F2N3O7. The van der Waals surface area contributed by atoms with Gasteiger partial charge in [0, 0.05) is 31.6 Å². The van der Waals surface area contributed by atoms with Crippen LogP contribution in [0.4, 0.5) is 8.78 Å². The maximum Gasteiger partial charge on any atom is 0.310 e. The Morgan fingerprint density at radius 3 is 2.53 bits per heavy atom. The van der Waals surface area contributed by atoms with E-state index in [4.69, 9.17) is 9.47 Å². The summed E-state index contributed by atoms with van der Waals surface area (Å²) in [4.78, 5) is 63.4. The van der Waals surface area contributed by atoms with Crippen molar-refractivity contribution in [1.82, 2.24) is 14.9 Å². The van der Waals surface area contributed by atoms with E-state index in [0.717, 1.165) is 0 Å². The number of aromatic nitrogens is 2. The van der Waals surface area contributed by atoms with Gasteiger partial charge < -0.3 is 19.5 Å². The van der Waals surface area contributed by atoms with Gasteiger partial charge in [0.1, 0.15) is 11.7 Å². The van der Waals surface area contributed by atoms with Crippen molar-refractivity contribution >= 4 is 34.7 Å². The molecule has 1 saturated carbocycles. The SMILES string of the molecule is CC(C)(C)OC(=O)C[C@H]1CCCCCC(F)(F)C[C@@H]2C[C@@]2(C(=O)O)CC(=O)[C@@H]2C[C@@H](Oc3cnc4ccccc4n3)CN2C1=O. The zero-order valence-corrected chi connectivity index (χ0v) is 26.0. The normalized spacial score (nSPS) is 29.2. The van der Waals surface area contributed by atoms with Gasteiger partial charge in [-0.1, -0.05) is 25.0 Å². The number of fused-ring (bicyclic) bond motifs is 3. The molecule has 1 N–H and O–H groups in total. The number of halogens is 2. The number of alkyl halides is 2. The van der Waals surface area contributed by atoms with Crippen molar-refractivity contribution < 1.29 is 42.5 Å². The zero-order valence-electron chi connectivity index (χ0n) is 26.0. The van der Waals surface area contributed by atoms with Crippen LogP contribution < -0.4 is 4.74 Å². The standard InChI is InChI=1S/C33H41F2N3O7/c1-31(2,3)45-28(40)13-20-9-5-4-8-12-33(34,35)16-21-15-32(21,30(42)43)17-26(39)25-14-22(19-38(25)29(20)41)44-27-18-36-23-10-6-7-11-24(23)37-27/h6-7,10-11,18,20-22,25H,4-5,8-9,12-17,19H2,1-3H3,(H,42,43)/t20-,21+,22-,25+,32-/m1/s1. The van der Waals surface area contributed by atoms with Gasteiger partial charge in [-0.05, 0) is 58.1 Å². The van der Waals surface area contributed by atoms with E-state index < -0.39 is 83.8 Å². The fraction of sp³-hybridized carbons (Fsp3) is 0.636. The molecule has 3 heterocycles. The molecule has 0 radical (unpaired) electrons. The van der Waals surface area contributed by atoms with Gasteiger partial charge in [-0.25, -0.2) is 18.7 Å². The quantitative estimate of drug-likeness (QED) is 0.433. The molecule has 3 fully saturated rings. The van der Waals surface area contributed by atoms with Crippen molar-refractivity contribution in [2.75, 3.05) is 6.54 Å². The number of ketones is 1. The first-order valence-electron chi connectivity index (χ1n) is 15.7. The van der Waals surface area contributed by atoms with Crippen LogP contribution >= 0.6 is 0 Å². The first kappa shape index (κ1) is 32.7. The summed E-state index contributed by atoms with van der Waals surface area (Å²) in [5.41, 5.74) is -1.09. The highest BCUT2D eigenvalue weighted by Gasteiger charge is 2.64. The second-order valence-electron chi connectivity index (χ2n) is 13.8. The van der Waals surface area contributed by atoms with Crippen molar-refractivity contribution in [3.05, 3.63) is 30.5 Å². The van der Waals surface area contributed by atoms with Gasteiger partial charge in [-0.15, -0.1) is 0 Å². The van der Waals surface area contributed by atoms with Crippen LogP contribution in [0.5, 0.6) is 5.88 Å². The molecule has 2 saturated heterocycles. The third kappa shape index (κ3) is 7.76. The third-order valence-electron chi connectivity index (χ3n) is 9.10. The highest BCUT2D eigenvalue weighted by Crippen LogP contribution is 2.60. The molecule has 0 unspecified atom stereocenters. The summed E-state index contributed by atoms with van der Waals surface area (Å²) >= 11 is 0. The number of esters is 1. The zero-order chi connectivity index (χ0) is 32.6. The van der Waals surface area contributed by atoms with E-state index in [-0.39, 0.29) is 44.5 Å². The number of amides is 1. The van der Waals surface area contributed by atoms with E-state index in [9.17, 15) is 33.1 Å². The predicted octanol–water partition coefficient (Wildman–Crippen LogP) is 5.37. The molecular weight excluding hydrogens is 588 g/mol. The van der Waals surface area contributed by atoms with Crippen molar-refractivity contribution in [3.63, 3.8) is 0 Å². The average molecular weight is 630 g/mol. The van der Waals surface area contributed by atoms with Crippen molar-refractivity contribution in [1.29, 1.82) is 0 Å². The van der Waals surface area contributed by atoms with Crippen LogP contribution in [0.3, 0.4) is 0 Å². The fourth-order valence-corrected chi connectivity index (χ4v) is 6.78. The second-order valence-corrected chi connectivity index (χ2v) is 13.8. The highest BCUT2D eigenvalue weighted by molar-refractivity contribution is 5.95. The van der Waals surface area contributed by atoms with Gasteiger partial charge in [0.2, 0.25) is 17.7 Å². The van der Waals surface area contributed by atoms with Crippen molar-refractivity contribution in [2.24, 2.45) is 17.3 Å². The largest absolute Gasteiger partial charge is 0.481 e. The lowest BCUT2D eigenvalue weighted by molar-refractivity contribution is -0.159. The van der Waals surface area contributed by atoms with E-state index in [1.54, 1.807) is 32.9 Å². The Kier molecular flexibility index (Phi) is 9.15. The first-order chi connectivity index (χ1) is 21.2. The number of aliphatic carboxylic acids is 1. The maximum atomic E-state index is 14.9. The number of carbonyl (C=O) groups is 4. The number of rotatable bonds is 5. The van der Waals surface area contributed by atoms with Crippen LogP contribution in [0, 0.1) is 17.3 Å². The number of ether oxygens (including phenoxy) is 2. The van der Waals surface area contributed by atoms with Gasteiger partial charge in [0.15, 0.2) is 5.78 Å². The molecule has 244 valence electrons. The number of hydrogen-bond donors (Lipinski definition) is 1. The number of para-hydroxylation sites is 2. The van der Waals surface area contributed by atoms with Crippen LogP contribution in [-0.4, -0.2) is 73.8 Å². The van der Waals surface area contributed by atoms with Gasteiger partial charge in [-0.2, -0.15) is 0 Å². The van der Waals surface area contributed by atoms with Gasteiger partial charge in [0.25, 0.3) is 0 Å². The summed E-state index contributed by atoms with van der Waals surface area (Å²) in [6.45, 7) is 5.18. The molecule has 2 aromatic rings. The second kappa shape index (κ2) is 12.6. The molecule has 45 heavy (non-hydrogen) atoms. The number of nitrogens with zero attached hydrogens (tertiary/aromatic N) is 3. The van der Waals surface area contributed by atoms with Crippen molar-refractivity contribution in [2.45, 2.75) is 109 Å². The Morgan fingerprint density at radius 1 is 1.09 bits per heavy atom. The number of Topliss-reactive ketones (excluding diaryl/α,β-unsaturated/α-hetero) is 1. The van der Waals surface area contributed by atoms with E-state index in [1.165, 1.54) is 11.1 Å². The monoisotopic (exact) mass is 629 g/mol. The van der Waals surface area contributed by atoms with Crippen LogP contribution in [-0.2, 0) is 23.9 Å². The summed E-state index contributed by atoms with van der Waals surface area (Å²) in [6.07, 6.45) is 0.452. The molecule has 1 aliphatic carbocycles. The smallest absolute Gasteiger partial charge is 0.310 e. The minimum absolute atomic E-state index is 0.0101. The maximum absolute atomic E-state index is 14.9. The lowest BCUT2D eigenvalue weighted by Crippen LogP contribution is -2.45. The summed E-state index contributed by atoms with van der Waals surface area (Å²) in [6, 6.07) is 6.19. The Bertz CT molecular complexity index is 1460. The Balaban J connectivity index is 1.43. The van der Waals surface area contributed by atoms with Crippen LogP contribution in [0.25, 0.3) is 11.0 Å². The molecule has 10 nitrogen and oxygen atoms in total. The number of benzene rings is 1. The van der Waals surface area contributed by atoms with E-state index in [2.05, 4.69) is 9.97 Å². The Labute approximate surface area is 260 Å². The van der Waals surface area contributed by atoms with Gasteiger partial charge in [-0.3, -0.25) is 19.2 Å². The lowest BCUT2D eigenvalue weighted by atomic mass is 9.90. The summed E-state index contributed by atoms with van der Waals surface area (Å²) < 4.78 is 41.3. The van der Waals surface area contributed by atoms with E-state index in [1.807, 2.05) is 12.1 Å². The van der Waals surface area contributed by atoms with Crippen LogP contribution in [0.2, 0.25) is 0 Å². The minimum Gasteiger partial charge on any atom is -0.481 e. The number of carbonyl (C=O) groups excluding carboxylic acids is 3. The minimum atomic E-state index is -3.06. The molecule has 5 rings (SSSR count). The molecule has 5 atom stereocenters.